The topological polar surface area (TPSA) is 441 Å². The highest BCUT2D eigenvalue weighted by molar-refractivity contribution is 7.80. The number of hydrogen-bond donors (Lipinski definition) is 15. The zero-order valence-corrected chi connectivity index (χ0v) is 46.8. The van der Waals surface area contributed by atoms with Crippen molar-refractivity contribution in [3.63, 3.8) is 0 Å². The highest BCUT2D eigenvalue weighted by Gasteiger charge is 2.41. The van der Waals surface area contributed by atoms with E-state index in [1.54, 1.807) is 58.0 Å². The molecule has 10 atom stereocenters. The highest BCUT2D eigenvalue weighted by Crippen LogP contribution is 2.22. The third kappa shape index (κ3) is 22.0. The summed E-state index contributed by atoms with van der Waals surface area (Å²) >= 11 is 4.37. The first-order valence-corrected chi connectivity index (χ1v) is 27.4. The largest absolute Gasteiger partial charge is 0.508 e. The number of primary amides is 1. The number of phenolic OH excluding ortho intramolecular Hbond substituents is 1. The van der Waals surface area contributed by atoms with E-state index in [-0.39, 0.29) is 75.6 Å². The van der Waals surface area contributed by atoms with Crippen molar-refractivity contribution in [3.05, 3.63) is 65.7 Å². The van der Waals surface area contributed by atoms with Crippen molar-refractivity contribution in [2.75, 3.05) is 25.4 Å². The second-order valence-corrected chi connectivity index (χ2v) is 20.6. The van der Waals surface area contributed by atoms with Crippen LogP contribution in [0.3, 0.4) is 0 Å². The van der Waals surface area contributed by atoms with Crippen LogP contribution in [0.15, 0.2) is 59.6 Å². The van der Waals surface area contributed by atoms with Gasteiger partial charge >= 0.3 is 5.97 Å². The summed E-state index contributed by atoms with van der Waals surface area (Å²) in [6.45, 7) is 7.23. The smallest absolute Gasteiger partial charge is 0.326 e. The van der Waals surface area contributed by atoms with Crippen molar-refractivity contribution in [1.29, 1.82) is 0 Å². The van der Waals surface area contributed by atoms with Gasteiger partial charge in [-0.25, -0.2) is 4.79 Å². The number of rotatable bonds is 34. The second kappa shape index (κ2) is 33.8. The average Bonchev–Trinajstić information content (AvgIpc) is 3.95. The van der Waals surface area contributed by atoms with Gasteiger partial charge in [-0.3, -0.25) is 48.1 Å². The molecule has 9 amide bonds. The molecule has 19 N–H and O–H groups in total. The van der Waals surface area contributed by atoms with Gasteiger partial charge in [0, 0.05) is 31.7 Å². The molecule has 1 heterocycles. The normalized spacial score (nSPS) is 16.4. The lowest BCUT2D eigenvalue weighted by Gasteiger charge is -2.32. The van der Waals surface area contributed by atoms with Crippen LogP contribution in [0.1, 0.15) is 96.6 Å². The number of hydrogen-bond acceptors (Lipinski definition) is 15. The van der Waals surface area contributed by atoms with E-state index in [0.29, 0.717) is 36.8 Å². The standard InChI is InChI=1S/C53H82N14O12S/c1-5-30(4)43(52(78)79)66-50(76)42(29(2)3)65-49(75)40-17-12-24-67(40)51(77)38(26-31-13-7-6-8-14-31)63-48(74)39(28-80)64-46(72)36(16-11-23-59-53(57)58)60-45(71)35(15-9-10-22-54)61-47(73)37(25-32-18-20-33(68)21-19-32)62-44(70)34(55)27-41(56)69/h6-8,13-14,18-21,29-30,34-40,42-43,68,80H,5,9-12,15-17,22-28,54-55H2,1-4H3,(H2,56,69)(H,60,71)(H,61,73)(H,62,70)(H,63,74)(H,64,72)(H,65,75)(H,66,76)(H,78,79)(H4,57,58,59)/t30-,34-,35-,36-,37-,38-,39-,40-,42-,43-/m0/s1. The number of amides is 9. The number of carbonyl (C=O) groups excluding carboxylic acids is 9. The number of likely N-dealkylation sites (tertiary alicyclic amines) is 1. The number of benzene rings is 2. The van der Waals surface area contributed by atoms with Crippen LogP contribution < -0.4 is 65.9 Å². The van der Waals surface area contributed by atoms with Gasteiger partial charge < -0.3 is 81.0 Å². The molecule has 0 bridgehead atoms. The number of phenols is 1. The van der Waals surface area contributed by atoms with E-state index in [9.17, 15) is 58.2 Å². The van der Waals surface area contributed by atoms with E-state index in [4.69, 9.17) is 28.7 Å². The summed E-state index contributed by atoms with van der Waals surface area (Å²) in [5.74, 6) is -9.84. The van der Waals surface area contributed by atoms with Gasteiger partial charge in [-0.05, 0) is 86.6 Å². The van der Waals surface area contributed by atoms with E-state index < -0.39 is 132 Å². The fourth-order valence-electron chi connectivity index (χ4n) is 8.75. The molecule has 3 rings (SSSR count). The van der Waals surface area contributed by atoms with Gasteiger partial charge in [0.2, 0.25) is 53.2 Å². The predicted molar refractivity (Wildman–Crippen MR) is 301 cm³/mol. The van der Waals surface area contributed by atoms with E-state index in [1.165, 1.54) is 29.2 Å². The maximum Gasteiger partial charge on any atom is 0.326 e. The first-order chi connectivity index (χ1) is 37.9. The van der Waals surface area contributed by atoms with Crippen LogP contribution in [0.2, 0.25) is 0 Å². The summed E-state index contributed by atoms with van der Waals surface area (Å²) in [5.41, 5.74) is 29.1. The van der Waals surface area contributed by atoms with Gasteiger partial charge in [0.25, 0.3) is 0 Å². The summed E-state index contributed by atoms with van der Waals surface area (Å²) in [7, 11) is 0. The molecule has 26 nitrogen and oxygen atoms in total. The summed E-state index contributed by atoms with van der Waals surface area (Å²) < 4.78 is 0. The van der Waals surface area contributed by atoms with E-state index in [1.807, 2.05) is 0 Å². The van der Waals surface area contributed by atoms with Crippen molar-refractivity contribution < 1.29 is 58.2 Å². The number of aromatic hydroxyl groups is 1. The molecule has 0 radical (unpaired) electrons. The Morgan fingerprint density at radius 2 is 1.21 bits per heavy atom. The molecule has 2 aromatic carbocycles. The SMILES string of the molecule is CC[C@H](C)[C@H](NC(=O)[C@@H](NC(=O)[C@@H]1CCCN1C(=O)[C@H](Cc1ccccc1)NC(=O)[C@H](CS)NC(=O)[C@H](CCCN=C(N)N)NC(=O)[C@H](CCCCN)NC(=O)[C@H](Cc1ccc(O)cc1)NC(=O)[C@@H](N)CC(N)=O)C(C)C)C(=O)O. The van der Waals surface area contributed by atoms with Gasteiger partial charge in [-0.1, -0.05) is 76.6 Å². The minimum Gasteiger partial charge on any atom is -0.508 e. The Hall–Kier alpha value is -7.52. The van der Waals surface area contributed by atoms with Crippen LogP contribution in [0.25, 0.3) is 0 Å². The van der Waals surface area contributed by atoms with E-state index in [2.05, 4.69) is 54.8 Å². The number of nitrogens with one attached hydrogen (secondary N) is 7. The monoisotopic (exact) mass is 1140 g/mol. The zero-order valence-electron chi connectivity index (χ0n) is 45.9. The predicted octanol–water partition coefficient (Wildman–Crippen LogP) is -2.34. The molecule has 0 aliphatic carbocycles. The Bertz CT molecular complexity index is 2450. The van der Waals surface area contributed by atoms with E-state index >= 15 is 0 Å². The van der Waals surface area contributed by atoms with E-state index in [0.717, 1.165) is 0 Å². The van der Waals surface area contributed by atoms with Crippen molar-refractivity contribution in [2.24, 2.45) is 45.5 Å². The van der Waals surface area contributed by atoms with Crippen molar-refractivity contribution >= 4 is 77.7 Å². The van der Waals surface area contributed by atoms with Crippen molar-refractivity contribution in [3.8, 4) is 5.75 Å². The van der Waals surface area contributed by atoms with Gasteiger partial charge in [0.05, 0.1) is 12.5 Å². The Morgan fingerprint density at radius 1 is 0.675 bits per heavy atom. The quantitative estimate of drug-likeness (QED) is 0.0151. The molecule has 0 aromatic heterocycles. The van der Waals surface area contributed by atoms with Crippen LogP contribution in [0, 0.1) is 11.8 Å². The molecule has 1 fully saturated rings. The van der Waals surface area contributed by atoms with Crippen LogP contribution in [0.5, 0.6) is 5.75 Å². The van der Waals surface area contributed by atoms with Crippen LogP contribution in [-0.2, 0) is 60.8 Å². The third-order valence-corrected chi connectivity index (χ3v) is 13.9. The third-order valence-electron chi connectivity index (χ3n) is 13.5. The van der Waals surface area contributed by atoms with Gasteiger partial charge in [-0.15, -0.1) is 0 Å². The number of thiol groups is 1. The minimum atomic E-state index is -1.42. The second-order valence-electron chi connectivity index (χ2n) is 20.2. The lowest BCUT2D eigenvalue weighted by atomic mass is 9.97. The molecule has 0 unspecified atom stereocenters. The molecule has 0 spiro atoms. The van der Waals surface area contributed by atoms with Gasteiger partial charge in [0.1, 0.15) is 54.1 Å². The number of carboxylic acids is 1. The maximum absolute atomic E-state index is 14.7. The number of unbranched alkanes of at least 4 members (excludes halogenated alkanes) is 1. The molecule has 1 aliphatic rings. The first kappa shape index (κ1) is 66.8. The molecule has 442 valence electrons. The number of aliphatic carboxylic acids is 1. The molecule has 2 aromatic rings. The molecular weight excluding hydrogens is 1060 g/mol. The molecule has 0 saturated carbocycles. The molecule has 1 aliphatic heterocycles. The number of nitrogens with two attached hydrogens (primary N) is 5. The zero-order chi connectivity index (χ0) is 59.6. The summed E-state index contributed by atoms with van der Waals surface area (Å²) in [4.78, 5) is 141. The minimum absolute atomic E-state index is 0.00938. The number of carboxylic acid groups (broad SMARTS) is 1. The van der Waals surface area contributed by atoms with Gasteiger partial charge in [-0.2, -0.15) is 12.6 Å². The summed E-state index contributed by atoms with van der Waals surface area (Å²) in [6, 6.07) is 2.81. The number of guanidine groups is 1. The number of nitrogens with zero attached hydrogens (tertiary/aromatic N) is 2. The maximum atomic E-state index is 14.7. The Balaban J connectivity index is 1.91. The fraction of sp³-hybridized carbons (Fsp3) is 0.566. The van der Waals surface area contributed by atoms with Crippen molar-refractivity contribution in [2.45, 2.75) is 153 Å². The van der Waals surface area contributed by atoms with Crippen LogP contribution in [-0.4, -0.2) is 160 Å². The van der Waals surface area contributed by atoms with Crippen LogP contribution in [0.4, 0.5) is 0 Å². The lowest BCUT2D eigenvalue weighted by Crippen LogP contribution is -2.61. The van der Waals surface area contributed by atoms with Crippen molar-refractivity contribution in [1.82, 2.24) is 42.1 Å². The molecular formula is C53H82N14O12S. The lowest BCUT2D eigenvalue weighted by molar-refractivity contribution is -0.145. The Morgan fingerprint density at radius 3 is 1.76 bits per heavy atom. The average molecular weight is 1140 g/mol. The summed E-state index contributed by atoms with van der Waals surface area (Å²) in [5, 5.41) is 38.2. The number of aliphatic imine (C=N–C) groups is 1. The Kier molecular flexibility index (Phi) is 28.2. The Labute approximate surface area is 471 Å². The van der Waals surface area contributed by atoms with Gasteiger partial charge in [0.15, 0.2) is 5.96 Å². The number of carbonyl (C=O) groups is 10. The molecule has 1 saturated heterocycles. The first-order valence-electron chi connectivity index (χ1n) is 26.8. The fourth-order valence-corrected chi connectivity index (χ4v) is 9.00. The van der Waals surface area contributed by atoms with Crippen LogP contribution >= 0.6 is 12.6 Å². The highest BCUT2D eigenvalue weighted by atomic mass is 32.1. The molecule has 80 heavy (non-hydrogen) atoms. The summed E-state index contributed by atoms with van der Waals surface area (Å²) in [6.07, 6.45) is 1.16. The molecule has 27 heteroatoms.